The van der Waals surface area contributed by atoms with Gasteiger partial charge in [0.05, 0.1) is 0 Å². The van der Waals surface area contributed by atoms with Crippen LogP contribution in [-0.2, 0) is 11.2 Å². The van der Waals surface area contributed by atoms with Crippen molar-refractivity contribution in [2.45, 2.75) is 31.4 Å². The molecule has 0 fully saturated rings. The van der Waals surface area contributed by atoms with Crippen LogP contribution in [0.2, 0.25) is 0 Å². The number of aromatic hydroxyl groups is 1. The van der Waals surface area contributed by atoms with Gasteiger partial charge in [-0.05, 0) is 42.5 Å². The number of phenolic OH excluding ortho intramolecular Hbond substituents is 1. The molecule has 0 radical (unpaired) electrons. The molecule has 2 atom stereocenters. The minimum absolute atomic E-state index is 0.144. The maximum absolute atomic E-state index is 13.5. The first-order chi connectivity index (χ1) is 7.59. The second-order valence-corrected chi connectivity index (χ2v) is 4.12. The molecule has 0 saturated heterocycles. The van der Waals surface area contributed by atoms with Crippen molar-refractivity contribution >= 4 is 5.97 Å². The van der Waals surface area contributed by atoms with Gasteiger partial charge in [-0.25, -0.2) is 9.18 Å². The Bertz CT molecular complexity index is 417. The van der Waals surface area contributed by atoms with Crippen molar-refractivity contribution in [3.63, 3.8) is 0 Å². The van der Waals surface area contributed by atoms with E-state index >= 15 is 0 Å². The van der Waals surface area contributed by atoms with E-state index in [2.05, 4.69) is 0 Å². The van der Waals surface area contributed by atoms with Crippen LogP contribution in [-0.4, -0.2) is 22.4 Å². The highest BCUT2D eigenvalue weighted by atomic mass is 19.1. The molecule has 0 saturated carbocycles. The Kier molecular flexibility index (Phi) is 2.81. The van der Waals surface area contributed by atoms with Gasteiger partial charge in [0.1, 0.15) is 5.75 Å². The number of fused-ring (bicyclic) bond motifs is 1. The summed E-state index contributed by atoms with van der Waals surface area (Å²) in [6.07, 6.45) is 0.218. The lowest BCUT2D eigenvalue weighted by molar-refractivity contribution is -0.143. The van der Waals surface area contributed by atoms with Gasteiger partial charge < -0.3 is 10.2 Å². The van der Waals surface area contributed by atoms with Crippen LogP contribution in [0.1, 0.15) is 29.9 Å². The van der Waals surface area contributed by atoms with E-state index in [0.29, 0.717) is 6.42 Å². The molecule has 16 heavy (non-hydrogen) atoms. The number of carboxylic acids is 1. The zero-order valence-electron chi connectivity index (χ0n) is 8.69. The van der Waals surface area contributed by atoms with Gasteiger partial charge >= 0.3 is 5.97 Å². The van der Waals surface area contributed by atoms with E-state index in [1.54, 1.807) is 12.1 Å². The third-order valence-corrected chi connectivity index (χ3v) is 3.08. The summed E-state index contributed by atoms with van der Waals surface area (Å²) < 4.78 is 13.5. The van der Waals surface area contributed by atoms with Crippen molar-refractivity contribution in [3.05, 3.63) is 29.3 Å². The van der Waals surface area contributed by atoms with Gasteiger partial charge in [-0.2, -0.15) is 0 Å². The lowest BCUT2D eigenvalue weighted by atomic mass is 9.80. The molecule has 0 aromatic heterocycles. The molecule has 86 valence electrons. The highest BCUT2D eigenvalue weighted by Crippen LogP contribution is 2.36. The van der Waals surface area contributed by atoms with Crippen molar-refractivity contribution < 1.29 is 19.4 Å². The van der Waals surface area contributed by atoms with Gasteiger partial charge in [0, 0.05) is 5.92 Å². The van der Waals surface area contributed by atoms with Crippen LogP contribution in [0.3, 0.4) is 0 Å². The van der Waals surface area contributed by atoms with Crippen LogP contribution >= 0.6 is 0 Å². The van der Waals surface area contributed by atoms with E-state index < -0.39 is 18.1 Å². The normalized spacial score (nSPS) is 21.2. The highest BCUT2D eigenvalue weighted by Gasteiger charge is 2.32. The van der Waals surface area contributed by atoms with Gasteiger partial charge in [0.15, 0.2) is 0 Å². The molecule has 3 nitrogen and oxygen atoms in total. The predicted octanol–water partition coefficient (Wildman–Crippen LogP) is 2.23. The molecule has 2 N–H and O–H groups in total. The fourth-order valence-electron chi connectivity index (χ4n) is 2.31. The average Bonchev–Trinajstić information content (AvgIpc) is 2.26. The minimum Gasteiger partial charge on any atom is -0.508 e. The number of rotatable bonds is 2. The van der Waals surface area contributed by atoms with Gasteiger partial charge in [-0.3, -0.25) is 0 Å². The molecular formula is C12H13FO3. The Morgan fingerprint density at radius 3 is 2.94 bits per heavy atom. The van der Waals surface area contributed by atoms with Crippen molar-refractivity contribution in [1.29, 1.82) is 0 Å². The van der Waals surface area contributed by atoms with Crippen LogP contribution in [0.25, 0.3) is 0 Å². The van der Waals surface area contributed by atoms with Crippen LogP contribution in [0.5, 0.6) is 5.75 Å². The van der Waals surface area contributed by atoms with Crippen molar-refractivity contribution in [3.8, 4) is 5.75 Å². The topological polar surface area (TPSA) is 57.5 Å². The van der Waals surface area contributed by atoms with E-state index in [1.165, 1.54) is 6.07 Å². The largest absolute Gasteiger partial charge is 0.508 e. The molecule has 0 aliphatic heterocycles. The number of alkyl halides is 1. The van der Waals surface area contributed by atoms with Gasteiger partial charge in [0.2, 0.25) is 6.17 Å². The molecule has 1 aliphatic rings. The summed E-state index contributed by atoms with van der Waals surface area (Å²) in [5, 5.41) is 18.0. The Labute approximate surface area is 92.5 Å². The third-order valence-electron chi connectivity index (χ3n) is 3.08. The molecule has 1 aromatic rings. The van der Waals surface area contributed by atoms with Gasteiger partial charge in [-0.15, -0.1) is 0 Å². The average molecular weight is 224 g/mol. The summed E-state index contributed by atoms with van der Waals surface area (Å²) >= 11 is 0. The smallest absolute Gasteiger partial charge is 0.338 e. The summed E-state index contributed by atoms with van der Waals surface area (Å²) in [4.78, 5) is 10.7. The number of carbonyl (C=O) groups is 1. The van der Waals surface area contributed by atoms with E-state index in [-0.39, 0.29) is 5.75 Å². The molecular weight excluding hydrogens is 211 g/mol. The molecule has 0 heterocycles. The fourth-order valence-corrected chi connectivity index (χ4v) is 2.31. The molecule has 1 aliphatic carbocycles. The second-order valence-electron chi connectivity index (χ2n) is 4.12. The monoisotopic (exact) mass is 224 g/mol. The number of halogens is 1. The number of phenols is 1. The van der Waals surface area contributed by atoms with Crippen LogP contribution in [0, 0.1) is 0 Å². The van der Waals surface area contributed by atoms with Gasteiger partial charge in [-0.1, -0.05) is 6.07 Å². The predicted molar refractivity (Wildman–Crippen MR) is 56.3 cm³/mol. The molecule has 2 rings (SSSR count). The third kappa shape index (κ3) is 1.87. The molecule has 1 aromatic carbocycles. The van der Waals surface area contributed by atoms with Crippen molar-refractivity contribution in [2.75, 3.05) is 0 Å². The summed E-state index contributed by atoms with van der Waals surface area (Å²) in [5.74, 6) is -1.85. The van der Waals surface area contributed by atoms with Crippen molar-refractivity contribution in [1.82, 2.24) is 0 Å². The lowest BCUT2D eigenvalue weighted by Crippen LogP contribution is -2.26. The van der Waals surface area contributed by atoms with Crippen LogP contribution in [0.15, 0.2) is 18.2 Å². The molecule has 0 spiro atoms. The Morgan fingerprint density at radius 2 is 2.25 bits per heavy atom. The number of hydrogen-bond acceptors (Lipinski definition) is 2. The fraction of sp³-hybridized carbons (Fsp3) is 0.417. The highest BCUT2D eigenvalue weighted by molar-refractivity contribution is 5.74. The first kappa shape index (κ1) is 10.9. The van der Waals surface area contributed by atoms with Gasteiger partial charge in [0.25, 0.3) is 0 Å². The first-order valence-electron chi connectivity index (χ1n) is 5.28. The Hall–Kier alpha value is -1.58. The zero-order valence-corrected chi connectivity index (χ0v) is 8.69. The molecule has 0 bridgehead atoms. The van der Waals surface area contributed by atoms with E-state index in [9.17, 15) is 14.3 Å². The molecule has 0 amide bonds. The quantitative estimate of drug-likeness (QED) is 0.809. The SMILES string of the molecule is O=C(O)C(F)C1CCCc2cc(O)ccc21. The minimum atomic E-state index is -1.86. The lowest BCUT2D eigenvalue weighted by Gasteiger charge is -2.26. The summed E-state index contributed by atoms with van der Waals surface area (Å²) in [5.41, 5.74) is 1.58. The standard InChI is InChI=1S/C12H13FO3/c13-11(12(15)16)10-3-1-2-7-6-8(14)4-5-9(7)10/h4-6,10-11,14H,1-3H2,(H,15,16). The number of aryl methyl sites for hydroxylation is 1. The van der Waals surface area contributed by atoms with Crippen molar-refractivity contribution in [2.24, 2.45) is 0 Å². The second kappa shape index (κ2) is 4.12. The van der Waals surface area contributed by atoms with E-state index in [4.69, 9.17) is 5.11 Å². The first-order valence-corrected chi connectivity index (χ1v) is 5.28. The van der Waals surface area contributed by atoms with E-state index in [0.717, 1.165) is 24.0 Å². The molecule has 2 unspecified atom stereocenters. The number of benzene rings is 1. The number of aliphatic carboxylic acids is 1. The summed E-state index contributed by atoms with van der Waals surface area (Å²) in [6.45, 7) is 0. The number of hydrogen-bond donors (Lipinski definition) is 2. The number of carboxylic acid groups (broad SMARTS) is 1. The maximum Gasteiger partial charge on any atom is 0.338 e. The molecule has 4 heteroatoms. The Balaban J connectivity index is 2.36. The summed E-state index contributed by atoms with van der Waals surface area (Å²) in [7, 11) is 0. The maximum atomic E-state index is 13.5. The van der Waals surface area contributed by atoms with Crippen LogP contribution in [0.4, 0.5) is 4.39 Å². The zero-order chi connectivity index (χ0) is 11.7. The van der Waals surface area contributed by atoms with E-state index in [1.807, 2.05) is 0 Å². The van der Waals surface area contributed by atoms with Crippen LogP contribution < -0.4 is 0 Å². The Morgan fingerprint density at radius 1 is 1.50 bits per heavy atom. The summed E-state index contributed by atoms with van der Waals surface area (Å²) in [6, 6.07) is 4.70.